The van der Waals surface area contributed by atoms with Gasteiger partial charge in [0, 0.05) is 6.07 Å². The molecule has 1 aromatic rings. The second-order valence-electron chi connectivity index (χ2n) is 3.53. The van der Waals surface area contributed by atoms with Gasteiger partial charge >= 0.3 is 0 Å². The largest absolute Gasteiger partial charge is 0.488 e. The molecular weight excluding hydrogens is 229 g/mol. The van der Waals surface area contributed by atoms with Gasteiger partial charge in [-0.2, -0.15) is 4.39 Å². The number of hydrogen-bond acceptors (Lipinski definition) is 6. The highest BCUT2D eigenvalue weighted by Gasteiger charge is 2.16. The number of hydrazine groups is 1. The Bertz CT molecular complexity index is 372. The van der Waals surface area contributed by atoms with Crippen molar-refractivity contribution in [2.24, 2.45) is 5.84 Å². The minimum Gasteiger partial charge on any atom is -0.488 e. The second-order valence-corrected chi connectivity index (χ2v) is 3.53. The summed E-state index contributed by atoms with van der Waals surface area (Å²) in [5.74, 6) is 4.94. The van der Waals surface area contributed by atoms with Crippen LogP contribution >= 0.6 is 0 Å². The molecule has 1 fully saturated rings. The van der Waals surface area contributed by atoms with Crippen molar-refractivity contribution in [3.8, 4) is 5.75 Å². The molecule has 1 aromatic heterocycles. The number of anilines is 1. The molecule has 1 saturated heterocycles. The molecule has 1 atom stereocenters. The Balaban J connectivity index is 1.95. The summed E-state index contributed by atoms with van der Waals surface area (Å²) in [4.78, 5) is 3.46. The number of aromatic nitrogens is 1. The van der Waals surface area contributed by atoms with Crippen LogP contribution in [0.4, 0.5) is 10.1 Å². The molecule has 17 heavy (non-hydrogen) atoms. The van der Waals surface area contributed by atoms with Gasteiger partial charge in [0.1, 0.15) is 24.1 Å². The topological polar surface area (TPSA) is 78.6 Å². The highest BCUT2D eigenvalue weighted by atomic mass is 19.1. The summed E-state index contributed by atoms with van der Waals surface area (Å²) in [6.07, 6.45) is 1.12. The summed E-state index contributed by atoms with van der Waals surface area (Å²) in [5.41, 5.74) is 2.80. The normalized spacial score (nSPS) is 20.0. The van der Waals surface area contributed by atoms with Gasteiger partial charge in [0.2, 0.25) is 5.95 Å². The van der Waals surface area contributed by atoms with Crippen LogP contribution in [-0.2, 0) is 9.47 Å². The number of nitrogens with one attached hydrogen (secondary N) is 1. The molecule has 0 saturated carbocycles. The summed E-state index contributed by atoms with van der Waals surface area (Å²) in [7, 11) is 0. The molecule has 94 valence electrons. The van der Waals surface area contributed by atoms with Gasteiger partial charge in [-0.3, -0.25) is 5.84 Å². The Morgan fingerprint density at radius 1 is 1.59 bits per heavy atom. The van der Waals surface area contributed by atoms with Crippen molar-refractivity contribution in [2.75, 3.05) is 31.9 Å². The number of nitrogens with two attached hydrogens (primary N) is 1. The van der Waals surface area contributed by atoms with E-state index < -0.39 is 5.95 Å². The Hall–Kier alpha value is -1.44. The summed E-state index contributed by atoms with van der Waals surface area (Å²) in [6, 6.07) is 1.17. The van der Waals surface area contributed by atoms with Gasteiger partial charge in [0.25, 0.3) is 0 Å². The molecule has 2 rings (SSSR count). The molecule has 6 nitrogen and oxygen atoms in total. The number of ether oxygens (including phenoxy) is 3. The van der Waals surface area contributed by atoms with Crippen LogP contribution in [0.2, 0.25) is 0 Å². The van der Waals surface area contributed by atoms with Crippen molar-refractivity contribution in [3.63, 3.8) is 0 Å². The van der Waals surface area contributed by atoms with E-state index in [2.05, 4.69) is 10.4 Å². The first kappa shape index (κ1) is 12.0. The van der Waals surface area contributed by atoms with Crippen molar-refractivity contribution >= 4 is 5.69 Å². The fraction of sp³-hybridized carbons (Fsp3) is 0.500. The number of hydrogen-bond donors (Lipinski definition) is 2. The molecule has 0 unspecified atom stereocenters. The summed E-state index contributed by atoms with van der Waals surface area (Å²) in [6.45, 7) is 1.88. The van der Waals surface area contributed by atoms with Crippen molar-refractivity contribution in [1.82, 2.24) is 4.98 Å². The Morgan fingerprint density at radius 3 is 3.18 bits per heavy atom. The highest BCUT2D eigenvalue weighted by molar-refractivity contribution is 5.53. The van der Waals surface area contributed by atoms with E-state index in [1.54, 1.807) is 0 Å². The lowest BCUT2D eigenvalue weighted by atomic mass is 10.3. The summed E-state index contributed by atoms with van der Waals surface area (Å²) >= 11 is 0. The monoisotopic (exact) mass is 243 g/mol. The van der Waals surface area contributed by atoms with E-state index in [0.29, 0.717) is 31.3 Å². The van der Waals surface area contributed by atoms with E-state index in [9.17, 15) is 4.39 Å². The third-order valence-corrected chi connectivity index (χ3v) is 2.30. The maximum Gasteiger partial charge on any atom is 0.216 e. The van der Waals surface area contributed by atoms with E-state index in [0.717, 1.165) is 0 Å². The quantitative estimate of drug-likeness (QED) is 0.450. The van der Waals surface area contributed by atoms with Gasteiger partial charge in [-0.05, 0) is 0 Å². The predicted molar refractivity (Wildman–Crippen MR) is 58.1 cm³/mol. The van der Waals surface area contributed by atoms with Crippen molar-refractivity contribution in [2.45, 2.75) is 6.10 Å². The number of nitrogen functional groups attached to an aromatic ring is 1. The van der Waals surface area contributed by atoms with E-state index in [-0.39, 0.29) is 12.7 Å². The van der Waals surface area contributed by atoms with Crippen molar-refractivity contribution < 1.29 is 18.6 Å². The minimum absolute atomic E-state index is 0.148. The van der Waals surface area contributed by atoms with Crippen LogP contribution in [0.15, 0.2) is 12.3 Å². The lowest BCUT2D eigenvalue weighted by Gasteiger charge is -2.23. The van der Waals surface area contributed by atoms with Crippen LogP contribution in [0.1, 0.15) is 0 Å². The van der Waals surface area contributed by atoms with Crippen LogP contribution < -0.4 is 16.0 Å². The maximum absolute atomic E-state index is 12.9. The molecular formula is C10H14FN3O3. The molecule has 7 heteroatoms. The molecule has 1 aliphatic heterocycles. The van der Waals surface area contributed by atoms with Crippen LogP contribution in [0.25, 0.3) is 0 Å². The van der Waals surface area contributed by atoms with Gasteiger partial charge < -0.3 is 19.6 Å². The number of rotatable bonds is 4. The zero-order valence-corrected chi connectivity index (χ0v) is 9.19. The molecule has 0 amide bonds. The number of pyridine rings is 1. The van der Waals surface area contributed by atoms with Gasteiger partial charge in [-0.15, -0.1) is 0 Å². The SMILES string of the molecule is NNc1cnc(F)cc1OC[C@@H]1COCCO1. The Labute approximate surface area is 97.8 Å². The molecule has 0 bridgehead atoms. The molecule has 0 aromatic carbocycles. The third-order valence-electron chi connectivity index (χ3n) is 2.30. The van der Waals surface area contributed by atoms with E-state index >= 15 is 0 Å². The third kappa shape index (κ3) is 3.26. The lowest BCUT2D eigenvalue weighted by Crippen LogP contribution is -2.33. The first-order valence-corrected chi connectivity index (χ1v) is 5.24. The van der Waals surface area contributed by atoms with E-state index in [1.165, 1.54) is 12.3 Å². The van der Waals surface area contributed by atoms with Crippen LogP contribution in [0.3, 0.4) is 0 Å². The molecule has 3 N–H and O–H groups in total. The lowest BCUT2D eigenvalue weighted by molar-refractivity contribution is -0.101. The fourth-order valence-electron chi connectivity index (χ4n) is 1.46. The minimum atomic E-state index is -0.625. The average molecular weight is 243 g/mol. The van der Waals surface area contributed by atoms with Gasteiger partial charge in [-0.25, -0.2) is 4.98 Å². The molecule has 0 radical (unpaired) electrons. The molecule has 2 heterocycles. The van der Waals surface area contributed by atoms with Crippen molar-refractivity contribution in [3.05, 3.63) is 18.2 Å². The smallest absolute Gasteiger partial charge is 0.216 e. The van der Waals surface area contributed by atoms with Crippen LogP contribution in [0, 0.1) is 5.95 Å². The van der Waals surface area contributed by atoms with Crippen LogP contribution in [-0.4, -0.2) is 37.5 Å². The van der Waals surface area contributed by atoms with Gasteiger partial charge in [0.05, 0.1) is 26.0 Å². The summed E-state index contributed by atoms with van der Waals surface area (Å²) < 4.78 is 29.0. The molecule has 0 aliphatic carbocycles. The first-order valence-electron chi connectivity index (χ1n) is 5.24. The highest BCUT2D eigenvalue weighted by Crippen LogP contribution is 2.23. The van der Waals surface area contributed by atoms with E-state index in [4.69, 9.17) is 20.1 Å². The first-order chi connectivity index (χ1) is 8.29. The standard InChI is InChI=1S/C10H14FN3O3/c11-10-3-9(8(14-12)4-13-10)17-6-7-5-15-1-2-16-7/h3-4,7,14H,1-2,5-6,12H2/t7-/m0/s1. The van der Waals surface area contributed by atoms with Crippen molar-refractivity contribution in [1.29, 1.82) is 0 Å². The molecule has 0 spiro atoms. The Morgan fingerprint density at radius 2 is 2.47 bits per heavy atom. The molecule has 1 aliphatic rings. The van der Waals surface area contributed by atoms with Crippen LogP contribution in [0.5, 0.6) is 5.75 Å². The zero-order chi connectivity index (χ0) is 12.1. The average Bonchev–Trinajstić information content (AvgIpc) is 2.38. The number of nitrogens with zero attached hydrogens (tertiary/aromatic N) is 1. The van der Waals surface area contributed by atoms with Gasteiger partial charge in [-0.1, -0.05) is 0 Å². The maximum atomic E-state index is 12.9. The van der Waals surface area contributed by atoms with E-state index in [1.807, 2.05) is 0 Å². The van der Waals surface area contributed by atoms with Gasteiger partial charge in [0.15, 0.2) is 0 Å². The summed E-state index contributed by atoms with van der Waals surface area (Å²) in [5, 5.41) is 0. The Kier molecular flexibility index (Phi) is 4.08. The fourth-order valence-corrected chi connectivity index (χ4v) is 1.46. The second kappa shape index (κ2) is 5.76. The predicted octanol–water partition coefficient (Wildman–Crippen LogP) is 0.300. The zero-order valence-electron chi connectivity index (χ0n) is 9.19. The number of halogens is 1.